The van der Waals surface area contributed by atoms with Gasteiger partial charge in [-0.15, -0.1) is 0 Å². The minimum Gasteiger partial charge on any atom is -0.423 e. The zero-order valence-corrected chi connectivity index (χ0v) is 17.2. The number of benzene rings is 1. The fourth-order valence-electron chi connectivity index (χ4n) is 4.38. The molecular weight excluding hydrogens is 354 g/mol. The topological polar surface area (TPSA) is 56.1 Å². The summed E-state index contributed by atoms with van der Waals surface area (Å²) in [6.07, 6.45) is 2.05. The molecule has 2 aliphatic rings. The van der Waals surface area contributed by atoms with Crippen molar-refractivity contribution in [2.45, 2.75) is 18.9 Å². The van der Waals surface area contributed by atoms with Gasteiger partial charge in [-0.25, -0.2) is 0 Å². The van der Waals surface area contributed by atoms with Crippen molar-refractivity contribution in [1.82, 2.24) is 19.7 Å². The van der Waals surface area contributed by atoms with E-state index in [2.05, 4.69) is 40.8 Å². The van der Waals surface area contributed by atoms with E-state index in [0.29, 0.717) is 18.0 Å². The van der Waals surface area contributed by atoms with E-state index in [9.17, 15) is 4.79 Å². The number of para-hydroxylation sites is 2. The summed E-state index contributed by atoms with van der Waals surface area (Å²) in [6.45, 7) is 4.88. The third kappa shape index (κ3) is 4.00. The van der Waals surface area contributed by atoms with Gasteiger partial charge in [0.2, 0.25) is 5.91 Å². The normalized spacial score (nSPS) is 24.7. The van der Waals surface area contributed by atoms with Crippen molar-refractivity contribution in [3.8, 4) is 0 Å². The number of nitrogens with zero attached hydrogens (tertiary/aromatic N) is 5. The van der Waals surface area contributed by atoms with Gasteiger partial charge >= 0.3 is 0 Å². The Morgan fingerprint density at radius 1 is 1.11 bits per heavy atom. The van der Waals surface area contributed by atoms with E-state index in [0.717, 1.165) is 63.2 Å². The number of fused-ring (bicyclic) bond motifs is 1. The first-order valence-electron chi connectivity index (χ1n) is 10.3. The summed E-state index contributed by atoms with van der Waals surface area (Å²) in [5, 5.41) is 0. The summed E-state index contributed by atoms with van der Waals surface area (Å²) < 4.78 is 5.88. The number of hydrogen-bond acceptors (Lipinski definition) is 6. The smallest absolute Gasteiger partial charge is 0.298 e. The number of carbonyl (C=O) groups excluding carboxylic acids is 1. The Balaban J connectivity index is 1.36. The number of likely N-dealkylation sites (N-methyl/N-ethyl adjacent to an activating group) is 2. The molecule has 2 saturated heterocycles. The van der Waals surface area contributed by atoms with Crippen LogP contribution < -0.4 is 4.90 Å². The molecule has 3 heterocycles. The van der Waals surface area contributed by atoms with E-state index in [-0.39, 0.29) is 5.92 Å². The molecule has 7 nitrogen and oxygen atoms in total. The number of oxazole rings is 1. The van der Waals surface area contributed by atoms with Crippen LogP contribution in [-0.2, 0) is 4.79 Å². The fraction of sp³-hybridized carbons (Fsp3) is 0.619. The highest BCUT2D eigenvalue weighted by atomic mass is 16.4. The zero-order chi connectivity index (χ0) is 19.7. The molecule has 0 radical (unpaired) electrons. The van der Waals surface area contributed by atoms with Crippen molar-refractivity contribution in [3.63, 3.8) is 0 Å². The minimum absolute atomic E-state index is 0.103. The molecule has 2 aromatic rings. The van der Waals surface area contributed by atoms with Gasteiger partial charge in [-0.3, -0.25) is 4.79 Å². The lowest BCUT2D eigenvalue weighted by Crippen LogP contribution is -2.51. The summed E-state index contributed by atoms with van der Waals surface area (Å²) in [7, 11) is 6.39. The Morgan fingerprint density at radius 3 is 2.57 bits per heavy atom. The fourth-order valence-corrected chi connectivity index (χ4v) is 4.38. The first-order valence-corrected chi connectivity index (χ1v) is 10.3. The highest BCUT2D eigenvalue weighted by Gasteiger charge is 2.32. The Morgan fingerprint density at radius 2 is 1.86 bits per heavy atom. The van der Waals surface area contributed by atoms with Crippen molar-refractivity contribution < 1.29 is 9.21 Å². The average molecular weight is 386 g/mol. The van der Waals surface area contributed by atoms with Crippen LogP contribution >= 0.6 is 0 Å². The maximum atomic E-state index is 13.1. The van der Waals surface area contributed by atoms with E-state index < -0.39 is 0 Å². The van der Waals surface area contributed by atoms with Gasteiger partial charge in [0.15, 0.2) is 5.58 Å². The molecule has 0 bridgehead atoms. The van der Waals surface area contributed by atoms with Gasteiger partial charge in [-0.1, -0.05) is 12.1 Å². The molecule has 1 aromatic heterocycles. The first kappa shape index (κ1) is 19.2. The minimum atomic E-state index is 0.103. The van der Waals surface area contributed by atoms with Crippen LogP contribution in [0.15, 0.2) is 28.7 Å². The number of amides is 1. The molecule has 2 aliphatic heterocycles. The molecule has 0 unspecified atom stereocenters. The highest BCUT2D eigenvalue weighted by Crippen LogP contribution is 2.24. The third-order valence-corrected chi connectivity index (χ3v) is 6.13. The quantitative estimate of drug-likeness (QED) is 0.802. The maximum Gasteiger partial charge on any atom is 0.298 e. The summed E-state index contributed by atoms with van der Waals surface area (Å²) in [5.74, 6) is 0.411. The molecule has 0 saturated carbocycles. The molecule has 1 amide bonds. The predicted octanol–water partition coefficient (Wildman–Crippen LogP) is 1.75. The number of likely N-dealkylation sites (tertiary alicyclic amines) is 1. The second-order valence-corrected chi connectivity index (χ2v) is 8.39. The molecule has 7 heteroatoms. The summed E-state index contributed by atoms with van der Waals surface area (Å²) in [5.41, 5.74) is 1.70. The molecule has 1 aromatic carbocycles. The van der Waals surface area contributed by atoms with Crippen LogP contribution in [0.1, 0.15) is 12.8 Å². The van der Waals surface area contributed by atoms with Crippen molar-refractivity contribution in [2.24, 2.45) is 5.92 Å². The lowest BCUT2D eigenvalue weighted by atomic mass is 9.99. The van der Waals surface area contributed by atoms with Crippen LogP contribution in [0.25, 0.3) is 11.1 Å². The summed E-state index contributed by atoms with van der Waals surface area (Å²) >= 11 is 0. The largest absolute Gasteiger partial charge is 0.423 e. The predicted molar refractivity (Wildman–Crippen MR) is 110 cm³/mol. The number of aromatic nitrogens is 1. The Bertz CT molecular complexity index is 779. The summed E-state index contributed by atoms with van der Waals surface area (Å²) in [4.78, 5) is 26.5. The van der Waals surface area contributed by atoms with E-state index in [4.69, 9.17) is 4.42 Å². The SMILES string of the molecule is CN1C[C@H](C(=O)N2CCN(c3nc4ccccc4o3)CC2)CC[C@H](N(C)C)C1. The van der Waals surface area contributed by atoms with Gasteiger partial charge in [0.25, 0.3) is 6.01 Å². The van der Waals surface area contributed by atoms with Crippen LogP contribution in [0, 0.1) is 5.92 Å². The number of anilines is 1. The molecular formula is C21H31N5O2. The van der Waals surface area contributed by atoms with E-state index >= 15 is 0 Å². The molecule has 2 fully saturated rings. The first-order chi connectivity index (χ1) is 13.5. The van der Waals surface area contributed by atoms with E-state index in [1.807, 2.05) is 29.2 Å². The standard InChI is InChI=1S/C21H31N5O2/c1-23(2)17-9-8-16(14-24(3)15-17)20(27)25-10-12-26(13-11-25)21-22-18-6-4-5-7-19(18)28-21/h4-7,16-17H,8-15H2,1-3H3/t16-,17+/m1/s1. The molecule has 0 N–H and O–H groups in total. The number of rotatable bonds is 3. The zero-order valence-electron chi connectivity index (χ0n) is 17.2. The summed E-state index contributed by atoms with van der Waals surface area (Å²) in [6, 6.07) is 9.02. The number of hydrogen-bond donors (Lipinski definition) is 0. The van der Waals surface area contributed by atoms with Crippen molar-refractivity contribution in [1.29, 1.82) is 0 Å². The Kier molecular flexibility index (Phi) is 5.55. The third-order valence-electron chi connectivity index (χ3n) is 6.13. The van der Waals surface area contributed by atoms with Gasteiger partial charge < -0.3 is 24.0 Å². The monoisotopic (exact) mass is 385 g/mol. The van der Waals surface area contributed by atoms with Crippen molar-refractivity contribution in [2.75, 3.05) is 65.3 Å². The van der Waals surface area contributed by atoms with Crippen LogP contribution in [0.5, 0.6) is 0 Å². The molecule has 0 spiro atoms. The molecule has 4 rings (SSSR count). The van der Waals surface area contributed by atoms with E-state index in [1.165, 1.54) is 0 Å². The second-order valence-electron chi connectivity index (χ2n) is 8.39. The number of carbonyl (C=O) groups is 1. The van der Waals surface area contributed by atoms with Crippen LogP contribution in [0.2, 0.25) is 0 Å². The van der Waals surface area contributed by atoms with E-state index in [1.54, 1.807) is 0 Å². The van der Waals surface area contributed by atoms with Crippen LogP contribution in [0.4, 0.5) is 6.01 Å². The molecule has 152 valence electrons. The second kappa shape index (κ2) is 8.09. The molecule has 2 atom stereocenters. The molecule has 0 aliphatic carbocycles. The van der Waals surface area contributed by atoms with Crippen molar-refractivity contribution in [3.05, 3.63) is 24.3 Å². The lowest BCUT2D eigenvalue weighted by molar-refractivity contribution is -0.136. The Labute approximate surface area is 166 Å². The van der Waals surface area contributed by atoms with Crippen LogP contribution in [-0.4, -0.2) is 92.0 Å². The maximum absolute atomic E-state index is 13.1. The molecule has 28 heavy (non-hydrogen) atoms. The van der Waals surface area contributed by atoms with Gasteiger partial charge in [0, 0.05) is 45.3 Å². The number of piperazine rings is 1. The Hall–Kier alpha value is -2.12. The van der Waals surface area contributed by atoms with Crippen LogP contribution in [0.3, 0.4) is 0 Å². The van der Waals surface area contributed by atoms with Gasteiger partial charge in [-0.05, 0) is 46.1 Å². The highest BCUT2D eigenvalue weighted by molar-refractivity contribution is 5.79. The lowest BCUT2D eigenvalue weighted by Gasteiger charge is -2.36. The van der Waals surface area contributed by atoms with Crippen molar-refractivity contribution >= 4 is 23.0 Å². The average Bonchev–Trinajstić information content (AvgIpc) is 3.03. The van der Waals surface area contributed by atoms with Gasteiger partial charge in [0.1, 0.15) is 5.52 Å². The van der Waals surface area contributed by atoms with Gasteiger partial charge in [-0.2, -0.15) is 4.98 Å². The van der Waals surface area contributed by atoms with Gasteiger partial charge in [0.05, 0.1) is 5.92 Å².